The average molecular weight is 434 g/mol. The van der Waals surface area contributed by atoms with Gasteiger partial charge in [-0.25, -0.2) is 4.98 Å². The normalized spacial score (nSPS) is 18.2. The summed E-state index contributed by atoms with van der Waals surface area (Å²) >= 11 is 0. The lowest BCUT2D eigenvalue weighted by molar-refractivity contribution is -0.126. The standard InChI is InChI=1S/C24H26N4O4/c1-15-17-6-4-5-7-19(17)32-20(15)12-28(3)21(30)9-8-16-10-18-22(25-11-16)27-23(31)24(2,14-29)13-26-18/h4-11,26,29H,12-14H2,1-3H3,(H,25,27,31)/b9-8+. The summed E-state index contributed by atoms with van der Waals surface area (Å²) in [6.07, 6.45) is 4.74. The second kappa shape index (κ2) is 8.47. The molecule has 0 radical (unpaired) electrons. The van der Waals surface area contributed by atoms with Crippen molar-refractivity contribution < 1.29 is 19.1 Å². The van der Waals surface area contributed by atoms with Gasteiger partial charge in [-0.2, -0.15) is 0 Å². The van der Waals surface area contributed by atoms with Gasteiger partial charge in [0.1, 0.15) is 11.3 Å². The fourth-order valence-corrected chi connectivity index (χ4v) is 3.53. The lowest BCUT2D eigenvalue weighted by Crippen LogP contribution is -2.40. The van der Waals surface area contributed by atoms with Crippen LogP contribution in [0.15, 0.2) is 47.0 Å². The maximum absolute atomic E-state index is 12.6. The van der Waals surface area contributed by atoms with Crippen molar-refractivity contribution in [2.24, 2.45) is 5.41 Å². The van der Waals surface area contributed by atoms with Crippen molar-refractivity contribution in [3.05, 3.63) is 59.5 Å². The van der Waals surface area contributed by atoms with Crippen LogP contribution < -0.4 is 10.6 Å². The Kier molecular flexibility index (Phi) is 5.71. The van der Waals surface area contributed by atoms with Gasteiger partial charge in [0.05, 0.1) is 24.3 Å². The molecular weight excluding hydrogens is 408 g/mol. The Bertz CT molecular complexity index is 1220. The van der Waals surface area contributed by atoms with Crippen molar-refractivity contribution in [3.63, 3.8) is 0 Å². The van der Waals surface area contributed by atoms with Crippen molar-refractivity contribution >= 4 is 40.4 Å². The summed E-state index contributed by atoms with van der Waals surface area (Å²) in [6.45, 7) is 4.03. The zero-order valence-electron chi connectivity index (χ0n) is 18.3. The van der Waals surface area contributed by atoms with Gasteiger partial charge >= 0.3 is 0 Å². The minimum atomic E-state index is -0.940. The first-order valence-corrected chi connectivity index (χ1v) is 10.4. The molecule has 0 bridgehead atoms. The first-order valence-electron chi connectivity index (χ1n) is 10.4. The van der Waals surface area contributed by atoms with Gasteiger partial charge in [-0.1, -0.05) is 18.2 Å². The molecule has 166 valence electrons. The number of likely N-dealkylation sites (N-methyl/N-ethyl adjacent to an activating group) is 1. The van der Waals surface area contributed by atoms with Crippen molar-refractivity contribution in [3.8, 4) is 0 Å². The number of benzene rings is 1. The van der Waals surface area contributed by atoms with E-state index in [4.69, 9.17) is 4.42 Å². The average Bonchev–Trinajstić information content (AvgIpc) is 3.04. The highest BCUT2D eigenvalue weighted by Gasteiger charge is 2.35. The number of aliphatic hydroxyl groups is 1. The number of para-hydroxylation sites is 1. The number of rotatable bonds is 5. The molecule has 1 atom stereocenters. The predicted octanol–water partition coefficient (Wildman–Crippen LogP) is 3.17. The number of fused-ring (bicyclic) bond motifs is 2. The van der Waals surface area contributed by atoms with Crippen LogP contribution in [0.5, 0.6) is 0 Å². The van der Waals surface area contributed by atoms with Crippen LogP contribution in [0.4, 0.5) is 11.5 Å². The van der Waals surface area contributed by atoms with E-state index in [0.717, 1.165) is 22.3 Å². The van der Waals surface area contributed by atoms with E-state index < -0.39 is 5.41 Å². The van der Waals surface area contributed by atoms with Crippen molar-refractivity contribution in [1.29, 1.82) is 0 Å². The molecule has 0 spiro atoms. The number of aryl methyl sites for hydroxylation is 1. The number of furan rings is 1. The van der Waals surface area contributed by atoms with Gasteiger partial charge in [-0.3, -0.25) is 9.59 Å². The van der Waals surface area contributed by atoms with Gasteiger partial charge in [0, 0.05) is 36.8 Å². The lowest BCUT2D eigenvalue weighted by atomic mass is 9.91. The van der Waals surface area contributed by atoms with Crippen molar-refractivity contribution in [2.75, 3.05) is 30.8 Å². The summed E-state index contributed by atoms with van der Waals surface area (Å²) in [7, 11) is 1.72. The Morgan fingerprint density at radius 2 is 2.16 bits per heavy atom. The van der Waals surface area contributed by atoms with Gasteiger partial charge in [0.25, 0.3) is 0 Å². The van der Waals surface area contributed by atoms with Crippen LogP contribution in [-0.4, -0.2) is 47.0 Å². The Morgan fingerprint density at radius 1 is 1.38 bits per heavy atom. The first kappa shape index (κ1) is 21.6. The fraction of sp³-hybridized carbons (Fsp3) is 0.292. The van der Waals surface area contributed by atoms with Gasteiger partial charge in [-0.05, 0) is 37.6 Å². The quantitative estimate of drug-likeness (QED) is 0.533. The van der Waals surface area contributed by atoms with E-state index in [2.05, 4.69) is 15.6 Å². The molecule has 4 rings (SSSR count). The Morgan fingerprint density at radius 3 is 2.91 bits per heavy atom. The number of hydrogen-bond donors (Lipinski definition) is 3. The molecule has 1 unspecified atom stereocenters. The summed E-state index contributed by atoms with van der Waals surface area (Å²) in [5.41, 5.74) is 2.24. The van der Waals surface area contributed by atoms with Crippen molar-refractivity contribution in [2.45, 2.75) is 20.4 Å². The van der Waals surface area contributed by atoms with Gasteiger partial charge in [0.15, 0.2) is 5.82 Å². The highest BCUT2D eigenvalue weighted by molar-refractivity contribution is 5.99. The topological polar surface area (TPSA) is 108 Å². The van der Waals surface area contributed by atoms with E-state index in [1.54, 1.807) is 37.2 Å². The highest BCUT2D eigenvalue weighted by Crippen LogP contribution is 2.29. The van der Waals surface area contributed by atoms with Crippen molar-refractivity contribution in [1.82, 2.24) is 9.88 Å². The molecule has 0 saturated heterocycles. The van der Waals surface area contributed by atoms with Gasteiger partial charge in [-0.15, -0.1) is 0 Å². The summed E-state index contributed by atoms with van der Waals surface area (Å²) in [6, 6.07) is 9.61. The smallest absolute Gasteiger partial charge is 0.246 e. The maximum atomic E-state index is 12.6. The molecule has 0 saturated carbocycles. The SMILES string of the molecule is Cc1c(CN(C)C(=O)/C=C/c2cnc3c(c2)NCC(C)(CO)C(=O)N3)oc2ccccc12. The summed E-state index contributed by atoms with van der Waals surface area (Å²) in [4.78, 5) is 30.8. The molecule has 3 heterocycles. The largest absolute Gasteiger partial charge is 0.459 e. The monoisotopic (exact) mass is 434 g/mol. The molecule has 8 nitrogen and oxygen atoms in total. The predicted molar refractivity (Wildman–Crippen MR) is 123 cm³/mol. The third-order valence-electron chi connectivity index (χ3n) is 5.82. The zero-order valence-corrected chi connectivity index (χ0v) is 18.3. The van der Waals surface area contributed by atoms with Crippen LogP contribution in [-0.2, 0) is 16.1 Å². The Balaban J connectivity index is 1.45. The minimum Gasteiger partial charge on any atom is -0.459 e. The molecule has 32 heavy (non-hydrogen) atoms. The van der Waals surface area contributed by atoms with E-state index >= 15 is 0 Å². The lowest BCUT2D eigenvalue weighted by Gasteiger charge is -2.22. The van der Waals surface area contributed by atoms with E-state index in [1.165, 1.54) is 6.08 Å². The highest BCUT2D eigenvalue weighted by atomic mass is 16.3. The number of amides is 2. The van der Waals surface area contributed by atoms with Crippen LogP contribution in [0.25, 0.3) is 17.0 Å². The molecule has 3 aromatic rings. The molecule has 1 aliphatic rings. The molecule has 0 fully saturated rings. The van der Waals surface area contributed by atoms with E-state index in [1.807, 2.05) is 31.2 Å². The third kappa shape index (κ3) is 4.09. The van der Waals surface area contributed by atoms with Crippen LogP contribution >= 0.6 is 0 Å². The Labute approximate surface area is 185 Å². The zero-order chi connectivity index (χ0) is 22.9. The van der Waals surface area contributed by atoms with E-state index in [9.17, 15) is 14.7 Å². The van der Waals surface area contributed by atoms with E-state index in [0.29, 0.717) is 23.6 Å². The van der Waals surface area contributed by atoms with Crippen LogP contribution in [0.2, 0.25) is 0 Å². The number of aliphatic hydroxyl groups excluding tert-OH is 1. The molecule has 2 amide bonds. The Hall–Kier alpha value is -3.65. The van der Waals surface area contributed by atoms with Crippen LogP contribution in [0.3, 0.4) is 0 Å². The van der Waals surface area contributed by atoms with Gasteiger partial charge in [0.2, 0.25) is 11.8 Å². The molecule has 0 aliphatic carbocycles. The molecule has 1 aliphatic heterocycles. The first-order chi connectivity index (χ1) is 15.3. The van der Waals surface area contributed by atoms with Crippen LogP contribution in [0, 0.1) is 12.3 Å². The molecule has 2 aromatic heterocycles. The molecule has 8 heteroatoms. The molecule has 1 aromatic carbocycles. The maximum Gasteiger partial charge on any atom is 0.246 e. The number of nitrogens with zero attached hydrogens (tertiary/aromatic N) is 2. The number of nitrogens with one attached hydrogen (secondary N) is 2. The summed E-state index contributed by atoms with van der Waals surface area (Å²) < 4.78 is 5.90. The fourth-order valence-electron chi connectivity index (χ4n) is 3.53. The van der Waals surface area contributed by atoms with Gasteiger partial charge < -0.3 is 25.1 Å². The third-order valence-corrected chi connectivity index (χ3v) is 5.82. The summed E-state index contributed by atoms with van der Waals surface area (Å²) in [5, 5.41) is 16.5. The summed E-state index contributed by atoms with van der Waals surface area (Å²) in [5.74, 6) is 0.691. The number of aromatic nitrogens is 1. The van der Waals surface area contributed by atoms with Crippen LogP contribution in [0.1, 0.15) is 23.8 Å². The number of pyridine rings is 1. The minimum absolute atomic E-state index is 0.172. The number of carbonyl (C=O) groups excluding carboxylic acids is 2. The second-order valence-corrected chi connectivity index (χ2v) is 8.37. The second-order valence-electron chi connectivity index (χ2n) is 8.37. The van der Waals surface area contributed by atoms with E-state index in [-0.39, 0.29) is 25.0 Å². The number of hydrogen-bond acceptors (Lipinski definition) is 6. The molecular formula is C24H26N4O4. The number of anilines is 2. The number of carbonyl (C=O) groups is 2. The molecule has 3 N–H and O–H groups in total.